The molecule has 0 saturated heterocycles. The Morgan fingerprint density at radius 3 is 2.57 bits per heavy atom. The molecule has 0 saturated carbocycles. The van der Waals surface area contributed by atoms with E-state index in [1.165, 1.54) is 0 Å². The first-order valence-corrected chi connectivity index (χ1v) is 8.72. The van der Waals surface area contributed by atoms with E-state index in [1.54, 1.807) is 41.1 Å². The number of hydrogen-bond acceptors (Lipinski definition) is 7. The van der Waals surface area contributed by atoms with Gasteiger partial charge in [-0.2, -0.15) is 9.78 Å². The van der Waals surface area contributed by atoms with Gasteiger partial charge >= 0.3 is 0 Å². The average Bonchev–Trinajstić information content (AvgIpc) is 3.17. The van der Waals surface area contributed by atoms with Gasteiger partial charge in [0.1, 0.15) is 17.5 Å². The topological polar surface area (TPSA) is 122 Å². The molecule has 3 N–H and O–H groups in total. The molecule has 4 aromatic rings. The fraction of sp³-hybridized carbons (Fsp3) is 0.0556. The Bertz CT molecular complexity index is 1230. The number of nitrogens with zero attached hydrogens (tertiary/aromatic N) is 5. The summed E-state index contributed by atoms with van der Waals surface area (Å²) in [6.45, 7) is 0. The van der Waals surface area contributed by atoms with E-state index in [2.05, 4.69) is 31.0 Å². The predicted octanol–water partition coefficient (Wildman–Crippen LogP) is 2.48. The van der Waals surface area contributed by atoms with Crippen LogP contribution in [0.15, 0.2) is 53.3 Å². The molecule has 2 aromatic carbocycles. The highest BCUT2D eigenvalue weighted by molar-refractivity contribution is 6.30. The number of H-pyrrole nitrogens is 1. The number of halogens is 1. The average molecular weight is 394 g/mol. The van der Waals surface area contributed by atoms with E-state index in [-0.39, 0.29) is 11.3 Å². The fourth-order valence-electron chi connectivity index (χ4n) is 3.33. The monoisotopic (exact) mass is 393 g/mol. The van der Waals surface area contributed by atoms with Gasteiger partial charge in [0.05, 0.1) is 5.69 Å². The zero-order valence-corrected chi connectivity index (χ0v) is 14.9. The minimum atomic E-state index is -0.512. The van der Waals surface area contributed by atoms with Gasteiger partial charge in [-0.3, -0.25) is 4.79 Å². The number of benzene rings is 2. The Balaban J connectivity index is 1.81. The maximum Gasteiger partial charge on any atom is 0.288 e. The number of aromatic hydroxyl groups is 1. The van der Waals surface area contributed by atoms with Crippen LogP contribution in [0.1, 0.15) is 17.2 Å². The molecule has 0 radical (unpaired) electrons. The molecule has 0 fully saturated rings. The largest absolute Gasteiger partial charge is 0.508 e. The third-order valence-corrected chi connectivity index (χ3v) is 4.85. The van der Waals surface area contributed by atoms with Crippen LogP contribution in [-0.2, 0) is 0 Å². The van der Waals surface area contributed by atoms with Gasteiger partial charge in [-0.15, -0.1) is 0 Å². The molecule has 0 aliphatic carbocycles. The lowest BCUT2D eigenvalue weighted by atomic mass is 9.92. The van der Waals surface area contributed by atoms with E-state index >= 15 is 0 Å². The molecule has 28 heavy (non-hydrogen) atoms. The predicted molar refractivity (Wildman–Crippen MR) is 102 cm³/mol. The second kappa shape index (κ2) is 6.17. The Labute approximate surface area is 162 Å². The van der Waals surface area contributed by atoms with E-state index in [1.807, 2.05) is 12.1 Å². The smallest absolute Gasteiger partial charge is 0.288 e. The van der Waals surface area contributed by atoms with Crippen LogP contribution in [0.2, 0.25) is 5.02 Å². The van der Waals surface area contributed by atoms with Crippen LogP contribution in [0.4, 0.5) is 11.6 Å². The summed E-state index contributed by atoms with van der Waals surface area (Å²) in [6, 6.07) is 13.3. The Morgan fingerprint density at radius 1 is 1.07 bits per heavy atom. The number of tetrazole rings is 1. The van der Waals surface area contributed by atoms with Crippen LogP contribution in [0.3, 0.4) is 0 Å². The first kappa shape index (κ1) is 16.5. The van der Waals surface area contributed by atoms with E-state index in [0.717, 1.165) is 11.1 Å². The van der Waals surface area contributed by atoms with Gasteiger partial charge in [0.15, 0.2) is 0 Å². The van der Waals surface area contributed by atoms with Crippen molar-refractivity contribution < 1.29 is 5.11 Å². The maximum absolute atomic E-state index is 12.5. The summed E-state index contributed by atoms with van der Waals surface area (Å²) in [5.74, 6) is 0.473. The first-order chi connectivity index (χ1) is 13.6. The molecule has 1 atom stereocenters. The van der Waals surface area contributed by atoms with E-state index in [9.17, 15) is 9.90 Å². The zero-order chi connectivity index (χ0) is 19.3. The van der Waals surface area contributed by atoms with Crippen molar-refractivity contribution in [1.82, 2.24) is 30.4 Å². The van der Waals surface area contributed by atoms with Crippen molar-refractivity contribution in [3.8, 4) is 17.0 Å². The van der Waals surface area contributed by atoms with Gasteiger partial charge in [0.2, 0.25) is 5.95 Å². The molecular formula is C18H12ClN7O2. The van der Waals surface area contributed by atoms with Crippen molar-refractivity contribution in [1.29, 1.82) is 0 Å². The highest BCUT2D eigenvalue weighted by Crippen LogP contribution is 2.41. The molecular weight excluding hydrogens is 382 g/mol. The Hall–Kier alpha value is -3.72. The number of fused-ring (bicyclic) bond motifs is 2. The summed E-state index contributed by atoms with van der Waals surface area (Å²) in [5.41, 5.74) is 2.69. The van der Waals surface area contributed by atoms with Crippen LogP contribution in [0.25, 0.3) is 11.3 Å². The molecule has 9 nitrogen and oxygen atoms in total. The van der Waals surface area contributed by atoms with E-state index < -0.39 is 6.04 Å². The van der Waals surface area contributed by atoms with E-state index in [4.69, 9.17) is 11.6 Å². The number of phenols is 1. The lowest BCUT2D eigenvalue weighted by molar-refractivity contribution is 0.474. The third kappa shape index (κ3) is 2.52. The molecule has 138 valence electrons. The highest BCUT2D eigenvalue weighted by atomic mass is 35.5. The standard InChI is InChI=1S/C18H12ClN7O2/c19-11-5-1-9(2-6-11)14-13-15(17(28)22-21-14)20-18-23-24-25-26(18)16(13)10-3-7-12(27)8-4-10/h1-8,16,27H,(H,22,28)(H,20,23,25). The molecule has 2 aromatic heterocycles. The number of hydrogen-bond donors (Lipinski definition) is 3. The fourth-order valence-corrected chi connectivity index (χ4v) is 3.46. The summed E-state index contributed by atoms with van der Waals surface area (Å²) < 4.78 is 1.58. The second-order valence-electron chi connectivity index (χ2n) is 6.26. The molecule has 1 unspecified atom stereocenters. The van der Waals surface area contributed by atoms with Gasteiger partial charge in [0, 0.05) is 16.1 Å². The summed E-state index contributed by atoms with van der Waals surface area (Å²) >= 11 is 6.01. The number of aromatic nitrogens is 6. The van der Waals surface area contributed by atoms with Crippen molar-refractivity contribution in [2.45, 2.75) is 6.04 Å². The zero-order valence-electron chi connectivity index (χ0n) is 14.2. The number of anilines is 2. The van der Waals surface area contributed by atoms with Crippen LogP contribution in [-0.4, -0.2) is 35.5 Å². The number of rotatable bonds is 2. The normalized spacial score (nSPS) is 14.8. The van der Waals surface area contributed by atoms with Crippen molar-refractivity contribution in [3.05, 3.63) is 75.0 Å². The van der Waals surface area contributed by atoms with Gasteiger partial charge in [0.25, 0.3) is 5.56 Å². The van der Waals surface area contributed by atoms with Crippen molar-refractivity contribution in [3.63, 3.8) is 0 Å². The van der Waals surface area contributed by atoms with Crippen LogP contribution in [0, 0.1) is 0 Å². The van der Waals surface area contributed by atoms with Gasteiger partial charge in [-0.1, -0.05) is 41.0 Å². The van der Waals surface area contributed by atoms with Gasteiger partial charge < -0.3 is 10.4 Å². The minimum absolute atomic E-state index is 0.136. The number of phenolic OH excluding ortho intramolecular Hbond substituents is 1. The summed E-state index contributed by atoms with van der Waals surface area (Å²) in [4.78, 5) is 12.5. The molecule has 5 rings (SSSR count). The maximum atomic E-state index is 12.5. The van der Waals surface area contributed by atoms with Crippen molar-refractivity contribution in [2.75, 3.05) is 5.32 Å². The third-order valence-electron chi connectivity index (χ3n) is 4.59. The van der Waals surface area contributed by atoms with Crippen molar-refractivity contribution in [2.24, 2.45) is 0 Å². The van der Waals surface area contributed by atoms with Crippen molar-refractivity contribution >= 4 is 23.2 Å². The van der Waals surface area contributed by atoms with Crippen LogP contribution < -0.4 is 10.9 Å². The molecule has 1 aliphatic rings. The molecule has 0 amide bonds. The molecule has 0 spiro atoms. The summed E-state index contributed by atoms with van der Waals surface area (Å²) in [5, 5.41) is 31.8. The first-order valence-electron chi connectivity index (χ1n) is 8.34. The summed E-state index contributed by atoms with van der Waals surface area (Å²) in [6.07, 6.45) is 0. The molecule has 10 heteroatoms. The van der Waals surface area contributed by atoms with Crippen LogP contribution in [0.5, 0.6) is 5.75 Å². The number of nitrogens with one attached hydrogen (secondary N) is 2. The lowest BCUT2D eigenvalue weighted by Gasteiger charge is -2.27. The van der Waals surface area contributed by atoms with Gasteiger partial charge in [-0.05, 0) is 40.3 Å². The number of aromatic amines is 1. The Kier molecular flexibility index (Phi) is 3.63. The molecule has 3 heterocycles. The molecule has 1 aliphatic heterocycles. The quantitative estimate of drug-likeness (QED) is 0.421. The summed E-state index contributed by atoms with van der Waals surface area (Å²) in [7, 11) is 0. The van der Waals surface area contributed by atoms with Gasteiger partial charge in [-0.25, -0.2) is 5.10 Å². The molecule has 0 bridgehead atoms. The minimum Gasteiger partial charge on any atom is -0.508 e. The highest BCUT2D eigenvalue weighted by Gasteiger charge is 2.34. The lowest BCUT2D eigenvalue weighted by Crippen LogP contribution is -2.29. The second-order valence-corrected chi connectivity index (χ2v) is 6.70. The Morgan fingerprint density at radius 2 is 1.82 bits per heavy atom. The van der Waals surface area contributed by atoms with E-state index in [0.29, 0.717) is 27.9 Å². The SMILES string of the molecule is O=c1[nH]nc(-c2ccc(Cl)cc2)c2c1Nc1nnnn1C2c1ccc(O)cc1. The van der Waals surface area contributed by atoms with Crippen LogP contribution >= 0.6 is 11.6 Å².